The van der Waals surface area contributed by atoms with Crippen molar-refractivity contribution in [1.29, 1.82) is 0 Å². The van der Waals surface area contributed by atoms with Crippen LogP contribution in [-0.2, 0) is 12.0 Å². The van der Waals surface area contributed by atoms with Gasteiger partial charge in [0.1, 0.15) is 11.6 Å². The Morgan fingerprint density at radius 3 is 2.70 bits per heavy atom. The van der Waals surface area contributed by atoms with Gasteiger partial charge in [0.15, 0.2) is 0 Å². The van der Waals surface area contributed by atoms with E-state index in [0.29, 0.717) is 5.41 Å². The molecule has 120 valence electrons. The SMILES string of the molecule is COc1ccc(CN2CCC3(CC2)CNc2ncccc23)cc1. The van der Waals surface area contributed by atoms with Gasteiger partial charge in [0.25, 0.3) is 0 Å². The molecule has 3 heterocycles. The van der Waals surface area contributed by atoms with Gasteiger partial charge in [-0.15, -0.1) is 0 Å². The molecule has 2 aliphatic rings. The van der Waals surface area contributed by atoms with Gasteiger partial charge in [0.2, 0.25) is 0 Å². The molecule has 0 amide bonds. The second kappa shape index (κ2) is 5.85. The Balaban J connectivity index is 1.41. The maximum absolute atomic E-state index is 5.23. The van der Waals surface area contributed by atoms with Crippen LogP contribution in [0.3, 0.4) is 0 Å². The fourth-order valence-corrected chi connectivity index (χ4v) is 3.90. The molecule has 0 saturated carbocycles. The van der Waals surface area contributed by atoms with Crippen molar-refractivity contribution < 1.29 is 4.74 Å². The topological polar surface area (TPSA) is 37.4 Å². The first-order valence-electron chi connectivity index (χ1n) is 8.34. The number of anilines is 1. The third kappa shape index (κ3) is 2.68. The minimum absolute atomic E-state index is 0.292. The lowest BCUT2D eigenvalue weighted by molar-refractivity contribution is 0.162. The largest absolute Gasteiger partial charge is 0.497 e. The van der Waals surface area contributed by atoms with E-state index in [1.54, 1.807) is 7.11 Å². The Morgan fingerprint density at radius 2 is 1.96 bits per heavy atom. The number of rotatable bonds is 3. The Kier molecular flexibility index (Phi) is 3.69. The molecule has 1 N–H and O–H groups in total. The van der Waals surface area contributed by atoms with Crippen molar-refractivity contribution in [3.8, 4) is 5.75 Å². The molecule has 4 rings (SSSR count). The molecule has 2 aromatic rings. The highest BCUT2D eigenvalue weighted by Gasteiger charge is 2.41. The summed E-state index contributed by atoms with van der Waals surface area (Å²) in [6.07, 6.45) is 4.29. The zero-order valence-corrected chi connectivity index (χ0v) is 13.6. The Bertz CT molecular complexity index is 675. The molecule has 1 spiro atoms. The summed E-state index contributed by atoms with van der Waals surface area (Å²) in [7, 11) is 1.71. The smallest absolute Gasteiger partial charge is 0.129 e. The molecule has 0 radical (unpaired) electrons. The van der Waals surface area contributed by atoms with Crippen molar-refractivity contribution in [2.24, 2.45) is 0 Å². The van der Waals surface area contributed by atoms with E-state index in [4.69, 9.17) is 4.74 Å². The van der Waals surface area contributed by atoms with Crippen molar-refractivity contribution in [1.82, 2.24) is 9.88 Å². The number of hydrogen-bond acceptors (Lipinski definition) is 4. The maximum atomic E-state index is 5.23. The van der Waals surface area contributed by atoms with E-state index in [1.807, 2.05) is 18.3 Å². The molecule has 1 aromatic carbocycles. The Hall–Kier alpha value is -2.07. The summed E-state index contributed by atoms with van der Waals surface area (Å²) >= 11 is 0. The molecule has 0 aliphatic carbocycles. The predicted octanol–water partition coefficient (Wildman–Crippen LogP) is 3.05. The van der Waals surface area contributed by atoms with Gasteiger partial charge in [-0.05, 0) is 49.7 Å². The first-order valence-corrected chi connectivity index (χ1v) is 8.34. The number of nitrogens with one attached hydrogen (secondary N) is 1. The zero-order valence-electron chi connectivity index (χ0n) is 13.6. The molecular formula is C19H23N3O. The van der Waals surface area contributed by atoms with Crippen molar-refractivity contribution in [2.45, 2.75) is 24.8 Å². The highest BCUT2D eigenvalue weighted by molar-refractivity contribution is 5.55. The lowest BCUT2D eigenvalue weighted by Gasteiger charge is -2.39. The van der Waals surface area contributed by atoms with E-state index >= 15 is 0 Å². The molecule has 0 unspecified atom stereocenters. The number of piperidine rings is 1. The van der Waals surface area contributed by atoms with E-state index in [-0.39, 0.29) is 0 Å². The second-order valence-electron chi connectivity index (χ2n) is 6.66. The van der Waals surface area contributed by atoms with Crippen LogP contribution in [0.15, 0.2) is 42.6 Å². The number of ether oxygens (including phenoxy) is 1. The summed E-state index contributed by atoms with van der Waals surface area (Å²) in [5.41, 5.74) is 3.07. The van der Waals surface area contributed by atoms with Crippen molar-refractivity contribution in [3.05, 3.63) is 53.7 Å². The van der Waals surface area contributed by atoms with Crippen LogP contribution in [0.1, 0.15) is 24.0 Å². The van der Waals surface area contributed by atoms with Crippen molar-refractivity contribution in [2.75, 3.05) is 32.1 Å². The van der Waals surface area contributed by atoms with Gasteiger partial charge in [0, 0.05) is 30.3 Å². The molecule has 1 fully saturated rings. The number of likely N-dealkylation sites (tertiary alicyclic amines) is 1. The molecule has 0 atom stereocenters. The van der Waals surface area contributed by atoms with Crippen LogP contribution >= 0.6 is 0 Å². The lowest BCUT2D eigenvalue weighted by atomic mass is 9.75. The fraction of sp³-hybridized carbons (Fsp3) is 0.421. The van der Waals surface area contributed by atoms with Gasteiger partial charge in [-0.25, -0.2) is 4.98 Å². The van der Waals surface area contributed by atoms with Gasteiger partial charge in [-0.2, -0.15) is 0 Å². The van der Waals surface area contributed by atoms with Crippen LogP contribution in [0.5, 0.6) is 5.75 Å². The van der Waals surface area contributed by atoms with Crippen LogP contribution in [0, 0.1) is 0 Å². The highest BCUT2D eigenvalue weighted by atomic mass is 16.5. The van der Waals surface area contributed by atoms with Crippen molar-refractivity contribution >= 4 is 5.82 Å². The number of hydrogen-bond donors (Lipinski definition) is 1. The lowest BCUT2D eigenvalue weighted by Crippen LogP contribution is -2.43. The first-order chi connectivity index (χ1) is 11.3. The minimum Gasteiger partial charge on any atom is -0.497 e. The normalized spacial score (nSPS) is 19.3. The van der Waals surface area contributed by atoms with Crippen LogP contribution in [0.2, 0.25) is 0 Å². The molecule has 1 saturated heterocycles. The van der Waals surface area contributed by atoms with E-state index in [9.17, 15) is 0 Å². The molecule has 1 aromatic heterocycles. The summed E-state index contributed by atoms with van der Waals surface area (Å²) in [5, 5.41) is 3.49. The van der Waals surface area contributed by atoms with Gasteiger partial charge in [-0.1, -0.05) is 18.2 Å². The van der Waals surface area contributed by atoms with Crippen LogP contribution in [0.4, 0.5) is 5.82 Å². The summed E-state index contributed by atoms with van der Waals surface area (Å²) < 4.78 is 5.23. The summed E-state index contributed by atoms with van der Waals surface area (Å²) in [5.74, 6) is 2.02. The fourth-order valence-electron chi connectivity index (χ4n) is 3.90. The van der Waals surface area contributed by atoms with Gasteiger partial charge in [0.05, 0.1) is 7.11 Å². The maximum Gasteiger partial charge on any atom is 0.129 e. The van der Waals surface area contributed by atoms with Gasteiger partial charge >= 0.3 is 0 Å². The number of methoxy groups -OCH3 is 1. The second-order valence-corrected chi connectivity index (χ2v) is 6.66. The minimum atomic E-state index is 0.292. The van der Waals surface area contributed by atoms with E-state index in [0.717, 1.165) is 37.7 Å². The van der Waals surface area contributed by atoms with Crippen LogP contribution in [0.25, 0.3) is 0 Å². The standard InChI is InChI=1S/C19H23N3O/c1-23-16-6-4-15(5-7-16)13-22-11-8-19(9-12-22)14-21-18-17(19)3-2-10-20-18/h2-7,10H,8-9,11-14H2,1H3,(H,20,21). The molecule has 2 aliphatic heterocycles. The quantitative estimate of drug-likeness (QED) is 0.945. The highest BCUT2D eigenvalue weighted by Crippen LogP contribution is 2.42. The van der Waals surface area contributed by atoms with Crippen LogP contribution < -0.4 is 10.1 Å². The number of fused-ring (bicyclic) bond motifs is 2. The number of pyridine rings is 1. The Morgan fingerprint density at radius 1 is 1.17 bits per heavy atom. The average Bonchev–Trinajstić information content (AvgIpc) is 2.97. The van der Waals surface area contributed by atoms with Crippen LogP contribution in [-0.4, -0.2) is 36.6 Å². The summed E-state index contributed by atoms with van der Waals surface area (Å²) in [4.78, 5) is 7.03. The number of benzene rings is 1. The molecule has 4 heteroatoms. The number of aromatic nitrogens is 1. The predicted molar refractivity (Wildman–Crippen MR) is 91.9 cm³/mol. The van der Waals surface area contributed by atoms with E-state index in [2.05, 4.69) is 39.5 Å². The van der Waals surface area contributed by atoms with Crippen molar-refractivity contribution in [3.63, 3.8) is 0 Å². The van der Waals surface area contributed by atoms with Gasteiger partial charge < -0.3 is 10.1 Å². The molecule has 4 nitrogen and oxygen atoms in total. The van der Waals surface area contributed by atoms with Gasteiger partial charge in [-0.3, -0.25) is 4.90 Å². The molecule has 23 heavy (non-hydrogen) atoms. The summed E-state index contributed by atoms with van der Waals surface area (Å²) in [6, 6.07) is 12.7. The number of nitrogens with zero attached hydrogens (tertiary/aromatic N) is 2. The average molecular weight is 309 g/mol. The third-order valence-electron chi connectivity index (χ3n) is 5.35. The summed E-state index contributed by atoms with van der Waals surface area (Å²) in [6.45, 7) is 4.34. The van der Waals surface area contributed by atoms with E-state index in [1.165, 1.54) is 24.0 Å². The monoisotopic (exact) mass is 309 g/mol. The molecule has 0 bridgehead atoms. The van der Waals surface area contributed by atoms with E-state index < -0.39 is 0 Å². The Labute approximate surface area is 137 Å². The third-order valence-corrected chi connectivity index (χ3v) is 5.35. The zero-order chi connectivity index (χ0) is 15.7. The first kappa shape index (κ1) is 14.5. The molecular weight excluding hydrogens is 286 g/mol.